The molecule has 1 aromatic rings. The summed E-state index contributed by atoms with van der Waals surface area (Å²) in [5, 5.41) is 2.84. The molecule has 0 bridgehead atoms. The van der Waals surface area contributed by atoms with Gasteiger partial charge in [0.15, 0.2) is 0 Å². The molecule has 1 fully saturated rings. The normalized spacial score (nSPS) is 16.6. The fourth-order valence-corrected chi connectivity index (χ4v) is 2.56. The quantitative estimate of drug-likeness (QED) is 0.844. The van der Waals surface area contributed by atoms with Crippen molar-refractivity contribution in [1.29, 1.82) is 0 Å². The summed E-state index contributed by atoms with van der Waals surface area (Å²) in [4.78, 5) is 18.7. The average molecular weight is 290 g/mol. The summed E-state index contributed by atoms with van der Waals surface area (Å²) < 4.78 is 0. The Kier molecular flexibility index (Phi) is 5.99. The second-order valence-corrected chi connectivity index (χ2v) is 5.69. The van der Waals surface area contributed by atoms with E-state index in [1.807, 2.05) is 12.1 Å². The van der Waals surface area contributed by atoms with Crippen molar-refractivity contribution in [2.24, 2.45) is 5.73 Å². The monoisotopic (exact) mass is 290 g/mol. The number of carbonyl (C=O) groups is 1. The number of piperidine rings is 1. The van der Waals surface area contributed by atoms with Crippen LogP contribution in [0.1, 0.15) is 45.4 Å². The summed E-state index contributed by atoms with van der Waals surface area (Å²) >= 11 is 0. The van der Waals surface area contributed by atoms with Gasteiger partial charge in [-0.05, 0) is 37.8 Å². The Morgan fingerprint density at radius 2 is 2.14 bits per heavy atom. The molecule has 2 heterocycles. The van der Waals surface area contributed by atoms with E-state index in [0.29, 0.717) is 5.69 Å². The molecule has 1 amide bonds. The molecule has 2 rings (SSSR count). The summed E-state index contributed by atoms with van der Waals surface area (Å²) in [6, 6.07) is 3.44. The Hall–Kier alpha value is -1.62. The molecule has 1 aromatic heterocycles. The van der Waals surface area contributed by atoms with Gasteiger partial charge in [0.2, 0.25) is 5.91 Å². The van der Waals surface area contributed by atoms with Crippen LogP contribution in [0, 0.1) is 0 Å². The lowest BCUT2D eigenvalue weighted by Gasteiger charge is -2.27. The van der Waals surface area contributed by atoms with Gasteiger partial charge in [0, 0.05) is 13.1 Å². The molecule has 116 valence electrons. The standard InChI is InChI=1S/C16H26N4O/c1-2-3-7-14(17)16(21)19-13-8-9-15(18-12-13)20-10-5-4-6-11-20/h8-9,12,14H,2-7,10-11,17H2,1H3,(H,19,21)/t14-/m0/s1. The number of pyridine rings is 1. The van der Waals surface area contributed by atoms with E-state index in [1.54, 1.807) is 6.20 Å². The van der Waals surface area contributed by atoms with Gasteiger partial charge in [-0.2, -0.15) is 0 Å². The largest absolute Gasteiger partial charge is 0.357 e. The summed E-state index contributed by atoms with van der Waals surface area (Å²) in [6.07, 6.45) is 8.23. The second-order valence-electron chi connectivity index (χ2n) is 5.69. The van der Waals surface area contributed by atoms with Crippen molar-refractivity contribution in [2.45, 2.75) is 51.5 Å². The van der Waals surface area contributed by atoms with Crippen LogP contribution in [0.3, 0.4) is 0 Å². The molecule has 5 heteroatoms. The topological polar surface area (TPSA) is 71.2 Å². The molecule has 0 saturated carbocycles. The number of unbranched alkanes of at least 4 members (excludes halogenated alkanes) is 1. The first kappa shape index (κ1) is 15.8. The zero-order valence-corrected chi connectivity index (χ0v) is 12.8. The van der Waals surface area contributed by atoms with E-state index in [9.17, 15) is 4.79 Å². The molecular weight excluding hydrogens is 264 g/mol. The third-order valence-electron chi connectivity index (χ3n) is 3.90. The highest BCUT2D eigenvalue weighted by molar-refractivity contribution is 5.94. The van der Waals surface area contributed by atoms with Crippen molar-refractivity contribution >= 4 is 17.4 Å². The number of nitrogens with zero attached hydrogens (tertiary/aromatic N) is 2. The smallest absolute Gasteiger partial charge is 0.241 e. The van der Waals surface area contributed by atoms with Gasteiger partial charge in [-0.3, -0.25) is 4.79 Å². The lowest BCUT2D eigenvalue weighted by Crippen LogP contribution is -2.35. The second kappa shape index (κ2) is 7.98. The number of hydrogen-bond donors (Lipinski definition) is 2. The SMILES string of the molecule is CCCC[C@H](N)C(=O)Nc1ccc(N2CCCCC2)nc1. The Balaban J connectivity index is 1.88. The van der Waals surface area contributed by atoms with Gasteiger partial charge < -0.3 is 16.0 Å². The van der Waals surface area contributed by atoms with Crippen molar-refractivity contribution in [3.8, 4) is 0 Å². The van der Waals surface area contributed by atoms with Crippen molar-refractivity contribution < 1.29 is 4.79 Å². The molecule has 0 aliphatic carbocycles. The Bertz CT molecular complexity index is 440. The van der Waals surface area contributed by atoms with Crippen LogP contribution in [0.15, 0.2) is 18.3 Å². The minimum absolute atomic E-state index is 0.129. The molecule has 1 aliphatic rings. The number of rotatable bonds is 6. The number of aromatic nitrogens is 1. The van der Waals surface area contributed by atoms with Crippen molar-refractivity contribution in [1.82, 2.24) is 4.98 Å². The van der Waals surface area contributed by atoms with E-state index in [1.165, 1.54) is 19.3 Å². The number of anilines is 2. The van der Waals surface area contributed by atoms with Crippen LogP contribution in [-0.2, 0) is 4.79 Å². The predicted molar refractivity (Wildman–Crippen MR) is 86.4 cm³/mol. The number of nitrogens with one attached hydrogen (secondary N) is 1. The number of hydrogen-bond acceptors (Lipinski definition) is 4. The lowest BCUT2D eigenvalue weighted by atomic mass is 10.1. The Morgan fingerprint density at radius 1 is 1.38 bits per heavy atom. The van der Waals surface area contributed by atoms with E-state index >= 15 is 0 Å². The van der Waals surface area contributed by atoms with Gasteiger partial charge in [0.05, 0.1) is 17.9 Å². The summed E-state index contributed by atoms with van der Waals surface area (Å²) in [7, 11) is 0. The fraction of sp³-hybridized carbons (Fsp3) is 0.625. The van der Waals surface area contributed by atoms with E-state index in [2.05, 4.69) is 22.1 Å². The van der Waals surface area contributed by atoms with Gasteiger partial charge >= 0.3 is 0 Å². The van der Waals surface area contributed by atoms with Gasteiger partial charge in [-0.25, -0.2) is 4.98 Å². The zero-order valence-electron chi connectivity index (χ0n) is 12.8. The minimum atomic E-state index is -0.438. The zero-order chi connectivity index (χ0) is 15.1. The summed E-state index contributed by atoms with van der Waals surface area (Å²) in [5.41, 5.74) is 6.57. The highest BCUT2D eigenvalue weighted by Gasteiger charge is 2.14. The molecule has 3 N–H and O–H groups in total. The Morgan fingerprint density at radius 3 is 2.76 bits per heavy atom. The molecule has 1 saturated heterocycles. The van der Waals surface area contributed by atoms with Crippen molar-refractivity contribution in [2.75, 3.05) is 23.3 Å². The van der Waals surface area contributed by atoms with Crippen molar-refractivity contribution in [3.05, 3.63) is 18.3 Å². The van der Waals surface area contributed by atoms with E-state index in [-0.39, 0.29) is 5.91 Å². The van der Waals surface area contributed by atoms with Crippen LogP contribution in [0.4, 0.5) is 11.5 Å². The fourth-order valence-electron chi connectivity index (χ4n) is 2.56. The van der Waals surface area contributed by atoms with Crippen LogP contribution in [-0.4, -0.2) is 30.0 Å². The first-order chi connectivity index (χ1) is 10.2. The van der Waals surface area contributed by atoms with Crippen LogP contribution >= 0.6 is 0 Å². The Labute approximate surface area is 126 Å². The molecule has 0 aromatic carbocycles. The third-order valence-corrected chi connectivity index (χ3v) is 3.90. The maximum atomic E-state index is 11.9. The average Bonchev–Trinajstić information content (AvgIpc) is 2.54. The van der Waals surface area contributed by atoms with E-state index in [0.717, 1.165) is 38.2 Å². The molecule has 1 aliphatic heterocycles. The molecule has 0 unspecified atom stereocenters. The maximum Gasteiger partial charge on any atom is 0.241 e. The first-order valence-electron chi connectivity index (χ1n) is 7.98. The summed E-state index contributed by atoms with van der Waals surface area (Å²) in [6.45, 7) is 4.23. The molecule has 1 atom stereocenters. The molecule has 0 radical (unpaired) electrons. The van der Waals surface area contributed by atoms with Gasteiger partial charge in [0.25, 0.3) is 0 Å². The van der Waals surface area contributed by atoms with Crippen LogP contribution in [0.25, 0.3) is 0 Å². The number of nitrogens with two attached hydrogens (primary N) is 1. The van der Waals surface area contributed by atoms with Crippen LogP contribution < -0.4 is 16.0 Å². The molecular formula is C16H26N4O. The van der Waals surface area contributed by atoms with Gasteiger partial charge in [0.1, 0.15) is 5.82 Å². The molecule has 21 heavy (non-hydrogen) atoms. The van der Waals surface area contributed by atoms with Crippen LogP contribution in [0.2, 0.25) is 0 Å². The minimum Gasteiger partial charge on any atom is -0.357 e. The first-order valence-corrected chi connectivity index (χ1v) is 7.98. The number of carbonyl (C=O) groups excluding carboxylic acids is 1. The van der Waals surface area contributed by atoms with E-state index in [4.69, 9.17) is 5.73 Å². The van der Waals surface area contributed by atoms with Gasteiger partial charge in [-0.1, -0.05) is 19.8 Å². The predicted octanol–water partition coefficient (Wildman–Crippen LogP) is 2.53. The molecule has 5 nitrogen and oxygen atoms in total. The lowest BCUT2D eigenvalue weighted by molar-refractivity contribution is -0.117. The highest BCUT2D eigenvalue weighted by Crippen LogP contribution is 2.19. The number of amides is 1. The van der Waals surface area contributed by atoms with Crippen LogP contribution in [0.5, 0.6) is 0 Å². The van der Waals surface area contributed by atoms with Crippen molar-refractivity contribution in [3.63, 3.8) is 0 Å². The van der Waals surface area contributed by atoms with E-state index < -0.39 is 6.04 Å². The maximum absolute atomic E-state index is 11.9. The molecule has 0 spiro atoms. The highest BCUT2D eigenvalue weighted by atomic mass is 16.2. The third kappa shape index (κ3) is 4.70. The van der Waals surface area contributed by atoms with Gasteiger partial charge in [-0.15, -0.1) is 0 Å². The summed E-state index contributed by atoms with van der Waals surface area (Å²) in [5.74, 6) is 0.860.